The zero-order valence-electron chi connectivity index (χ0n) is 14.6. The van der Waals surface area contributed by atoms with Crippen molar-refractivity contribution in [3.8, 4) is 0 Å². The van der Waals surface area contributed by atoms with Gasteiger partial charge < -0.3 is 4.90 Å². The third-order valence-electron chi connectivity index (χ3n) is 4.16. The van der Waals surface area contributed by atoms with E-state index in [1.54, 1.807) is 12.1 Å². The molecule has 24 heavy (non-hydrogen) atoms. The molecule has 0 saturated carbocycles. The Balaban J connectivity index is 1.83. The zero-order valence-corrected chi connectivity index (χ0v) is 15.4. The number of halogens is 1. The van der Waals surface area contributed by atoms with Gasteiger partial charge in [0.1, 0.15) is 0 Å². The summed E-state index contributed by atoms with van der Waals surface area (Å²) < 4.78 is 0. The van der Waals surface area contributed by atoms with Crippen molar-refractivity contribution >= 4 is 17.4 Å². The number of carbonyl (C=O) groups excluding carboxylic acids is 1. The molecule has 0 heterocycles. The van der Waals surface area contributed by atoms with Gasteiger partial charge in [-0.3, -0.25) is 4.79 Å². The maximum Gasteiger partial charge on any atom is 0.194 e. The number of carbonyl (C=O) groups is 1. The van der Waals surface area contributed by atoms with Crippen molar-refractivity contribution < 1.29 is 4.79 Å². The first-order valence-electron chi connectivity index (χ1n) is 8.61. The summed E-state index contributed by atoms with van der Waals surface area (Å²) in [7, 11) is 4.23. The van der Waals surface area contributed by atoms with Crippen molar-refractivity contribution in [3.63, 3.8) is 0 Å². The van der Waals surface area contributed by atoms with Crippen LogP contribution in [0.25, 0.3) is 0 Å². The van der Waals surface area contributed by atoms with Gasteiger partial charge in [0.25, 0.3) is 0 Å². The van der Waals surface area contributed by atoms with E-state index in [-0.39, 0.29) is 5.78 Å². The molecule has 0 amide bonds. The normalized spacial score (nSPS) is 11.0. The van der Waals surface area contributed by atoms with E-state index in [9.17, 15) is 4.79 Å². The van der Waals surface area contributed by atoms with E-state index < -0.39 is 0 Å². The van der Waals surface area contributed by atoms with Crippen LogP contribution in [0, 0.1) is 0 Å². The van der Waals surface area contributed by atoms with Crippen LogP contribution < -0.4 is 0 Å². The topological polar surface area (TPSA) is 20.3 Å². The third kappa shape index (κ3) is 5.77. The zero-order chi connectivity index (χ0) is 17.4. The predicted octanol–water partition coefficient (Wildman–Crippen LogP) is 5.24. The van der Waals surface area contributed by atoms with Crippen molar-refractivity contribution in [1.29, 1.82) is 0 Å². The first kappa shape index (κ1) is 18.7. The van der Waals surface area contributed by atoms with Crippen LogP contribution in [0.4, 0.5) is 0 Å². The molecule has 0 radical (unpaired) electrons. The van der Waals surface area contributed by atoms with Crippen molar-refractivity contribution in [3.05, 3.63) is 70.2 Å². The van der Waals surface area contributed by atoms with Gasteiger partial charge in [-0.25, -0.2) is 0 Å². The van der Waals surface area contributed by atoms with Crippen LogP contribution in [0.5, 0.6) is 0 Å². The highest BCUT2D eigenvalue weighted by molar-refractivity contribution is 6.34. The van der Waals surface area contributed by atoms with Gasteiger partial charge in [0.15, 0.2) is 5.78 Å². The van der Waals surface area contributed by atoms with E-state index in [0.29, 0.717) is 16.1 Å². The Bertz CT molecular complexity index is 649. The molecule has 128 valence electrons. The van der Waals surface area contributed by atoms with Crippen LogP contribution in [0.2, 0.25) is 5.02 Å². The molecule has 0 aliphatic rings. The van der Waals surface area contributed by atoms with E-state index >= 15 is 0 Å². The second-order valence-electron chi connectivity index (χ2n) is 6.47. The average molecular weight is 344 g/mol. The second-order valence-corrected chi connectivity index (χ2v) is 6.88. The minimum Gasteiger partial charge on any atom is -0.309 e. The summed E-state index contributed by atoms with van der Waals surface area (Å²) in [6.45, 7) is 1.17. The molecule has 0 fully saturated rings. The molecule has 2 nitrogen and oxygen atoms in total. The Morgan fingerprint density at radius 3 is 2.25 bits per heavy atom. The van der Waals surface area contributed by atoms with Crippen LogP contribution in [0.15, 0.2) is 48.5 Å². The summed E-state index contributed by atoms with van der Waals surface area (Å²) in [6.07, 6.45) is 6.07. The number of ketones is 1. The monoisotopic (exact) mass is 343 g/mol. The van der Waals surface area contributed by atoms with Crippen LogP contribution in [-0.2, 0) is 6.42 Å². The molecule has 0 atom stereocenters. The quantitative estimate of drug-likeness (QED) is 0.458. The molecule has 0 unspecified atom stereocenters. The van der Waals surface area contributed by atoms with Gasteiger partial charge in [0, 0.05) is 11.1 Å². The number of hydrogen-bond donors (Lipinski definition) is 0. The first-order valence-corrected chi connectivity index (χ1v) is 8.98. The molecule has 3 heteroatoms. The Morgan fingerprint density at radius 2 is 1.58 bits per heavy atom. The molecule has 0 aliphatic heterocycles. The summed E-state index contributed by atoms with van der Waals surface area (Å²) in [4.78, 5) is 14.7. The fourth-order valence-corrected chi connectivity index (χ4v) is 2.96. The maximum atomic E-state index is 12.5. The lowest BCUT2D eigenvalue weighted by Crippen LogP contribution is -2.12. The number of aryl methyl sites for hydroxylation is 1. The number of benzene rings is 2. The third-order valence-corrected chi connectivity index (χ3v) is 4.48. The van der Waals surface area contributed by atoms with E-state index in [2.05, 4.69) is 31.1 Å². The Morgan fingerprint density at radius 1 is 0.917 bits per heavy atom. The van der Waals surface area contributed by atoms with E-state index in [1.165, 1.54) is 37.8 Å². The van der Waals surface area contributed by atoms with Gasteiger partial charge in [0.05, 0.1) is 5.02 Å². The molecular weight excluding hydrogens is 318 g/mol. The highest BCUT2D eigenvalue weighted by Crippen LogP contribution is 2.19. The van der Waals surface area contributed by atoms with Crippen LogP contribution in [-0.4, -0.2) is 31.3 Å². The SMILES string of the molecule is CN(C)CCCCCCc1ccc(C(=O)c2ccccc2Cl)cc1. The predicted molar refractivity (Wildman–Crippen MR) is 102 cm³/mol. The molecule has 0 aromatic heterocycles. The largest absolute Gasteiger partial charge is 0.309 e. The smallest absolute Gasteiger partial charge is 0.194 e. The number of rotatable bonds is 9. The molecule has 0 N–H and O–H groups in total. The highest BCUT2D eigenvalue weighted by Gasteiger charge is 2.11. The lowest BCUT2D eigenvalue weighted by Gasteiger charge is -2.08. The average Bonchev–Trinajstić information content (AvgIpc) is 2.58. The van der Waals surface area contributed by atoms with Crippen LogP contribution in [0.1, 0.15) is 47.2 Å². The maximum absolute atomic E-state index is 12.5. The first-order chi connectivity index (χ1) is 11.6. The molecule has 2 aromatic carbocycles. The van der Waals surface area contributed by atoms with Gasteiger partial charge in [-0.15, -0.1) is 0 Å². The number of unbranched alkanes of at least 4 members (excludes halogenated alkanes) is 3. The Hall–Kier alpha value is -1.64. The van der Waals surface area contributed by atoms with Gasteiger partial charge in [-0.2, -0.15) is 0 Å². The summed E-state index contributed by atoms with van der Waals surface area (Å²) in [5, 5.41) is 0.504. The molecule has 0 saturated heterocycles. The van der Waals surface area contributed by atoms with Crippen LogP contribution in [0.3, 0.4) is 0 Å². The lowest BCUT2D eigenvalue weighted by atomic mass is 10.00. The Labute approximate surface area is 150 Å². The van der Waals surface area contributed by atoms with Gasteiger partial charge in [-0.05, 0) is 57.6 Å². The molecule has 0 spiro atoms. The van der Waals surface area contributed by atoms with Crippen molar-refractivity contribution in [2.75, 3.05) is 20.6 Å². The molecular formula is C21H26ClNO. The lowest BCUT2D eigenvalue weighted by molar-refractivity contribution is 0.103. The van der Waals surface area contributed by atoms with Crippen molar-refractivity contribution in [2.24, 2.45) is 0 Å². The number of nitrogens with zero attached hydrogens (tertiary/aromatic N) is 1. The summed E-state index contributed by atoms with van der Waals surface area (Å²) >= 11 is 6.11. The summed E-state index contributed by atoms with van der Waals surface area (Å²) in [6, 6.07) is 15.1. The van der Waals surface area contributed by atoms with Crippen molar-refractivity contribution in [2.45, 2.75) is 32.1 Å². The molecule has 0 aliphatic carbocycles. The van der Waals surface area contributed by atoms with Gasteiger partial charge in [0.2, 0.25) is 0 Å². The van der Waals surface area contributed by atoms with E-state index in [1.807, 2.05) is 24.3 Å². The standard InChI is InChI=1S/C21H26ClNO/c1-23(2)16-8-4-3-5-9-17-12-14-18(15-13-17)21(24)19-10-6-7-11-20(19)22/h6-7,10-15H,3-5,8-9,16H2,1-2H3. The fourth-order valence-electron chi connectivity index (χ4n) is 2.73. The molecule has 0 bridgehead atoms. The number of hydrogen-bond acceptors (Lipinski definition) is 2. The summed E-state index contributed by atoms with van der Waals surface area (Å²) in [5.41, 5.74) is 2.55. The van der Waals surface area contributed by atoms with Gasteiger partial charge >= 0.3 is 0 Å². The Kier molecular flexibility index (Phi) is 7.48. The van der Waals surface area contributed by atoms with Crippen molar-refractivity contribution in [1.82, 2.24) is 4.90 Å². The van der Waals surface area contributed by atoms with E-state index in [0.717, 1.165) is 6.42 Å². The summed E-state index contributed by atoms with van der Waals surface area (Å²) in [5.74, 6) is -0.0177. The highest BCUT2D eigenvalue weighted by atomic mass is 35.5. The minimum atomic E-state index is -0.0177. The van der Waals surface area contributed by atoms with Crippen LogP contribution >= 0.6 is 11.6 Å². The van der Waals surface area contributed by atoms with E-state index in [4.69, 9.17) is 11.6 Å². The van der Waals surface area contributed by atoms with Gasteiger partial charge in [-0.1, -0.05) is 60.8 Å². The fraction of sp³-hybridized carbons (Fsp3) is 0.381. The molecule has 2 rings (SSSR count). The minimum absolute atomic E-state index is 0.0177. The molecule has 2 aromatic rings. The second kappa shape index (κ2) is 9.61.